The van der Waals surface area contributed by atoms with Gasteiger partial charge in [0.15, 0.2) is 0 Å². The summed E-state index contributed by atoms with van der Waals surface area (Å²) in [6.07, 6.45) is 16.1. The highest BCUT2D eigenvalue weighted by molar-refractivity contribution is 8.44. The summed E-state index contributed by atoms with van der Waals surface area (Å²) in [6.45, 7) is 27.1. The molecule has 6 aliphatic heterocycles. The van der Waals surface area contributed by atoms with Crippen LogP contribution in [0.1, 0.15) is 153 Å². The number of pyridine rings is 6. The molecule has 12 heterocycles. The first-order chi connectivity index (χ1) is 61.1. The summed E-state index contributed by atoms with van der Waals surface area (Å²) in [7, 11) is 0. The monoisotopic (exact) mass is 2020 g/mol. The molecule has 6 amide bonds. The number of carbonyl (C=O) groups is 6. The maximum atomic E-state index is 15.3. The molecule has 0 unspecified atom stereocenters. The molecule has 0 radical (unpaired) electrons. The summed E-state index contributed by atoms with van der Waals surface area (Å²) in [4.78, 5) is 119. The van der Waals surface area contributed by atoms with E-state index < -0.39 is 17.7 Å². The fourth-order valence-corrected chi connectivity index (χ4v) is 37.2. The largest absolute Gasteiger partial charge is 0.320 e. The minimum Gasteiger partial charge on any atom is -0.320 e. The van der Waals surface area contributed by atoms with E-state index >= 15 is 14.4 Å². The van der Waals surface area contributed by atoms with Crippen LogP contribution in [0, 0.1) is 35.5 Å². The maximum Gasteiger partial charge on any atom is 0.263 e. The molecule has 36 heteroatoms. The van der Waals surface area contributed by atoms with Gasteiger partial charge in [-0.2, -0.15) is 0 Å². The smallest absolute Gasteiger partial charge is 0.263 e. The molecule has 13 rings (SSSR count). The average molecular weight is 2020 g/mol. The van der Waals surface area contributed by atoms with E-state index in [9.17, 15) is 14.4 Å². The number of thioether (sulfide) groups is 18. The number of nitrogens with one attached hydrogen (secondary N) is 6. The third-order valence-electron chi connectivity index (χ3n) is 20.1. The van der Waals surface area contributed by atoms with Gasteiger partial charge in [0.25, 0.3) is 35.4 Å². The Kier molecular flexibility index (Phi) is 37.9. The second-order valence-electron chi connectivity index (χ2n) is 30.0. The minimum absolute atomic E-state index is 0.109. The third kappa shape index (κ3) is 26.5. The number of nitrogens with zero attached hydrogens (tertiary/aromatic N) is 6. The van der Waals surface area contributed by atoms with Crippen LogP contribution in [0.2, 0.25) is 0 Å². The maximum absolute atomic E-state index is 15.3. The van der Waals surface area contributed by atoms with Crippen LogP contribution in [0.5, 0.6) is 0 Å². The van der Waals surface area contributed by atoms with Gasteiger partial charge in [0.2, 0.25) is 0 Å². The Morgan fingerprint density at radius 1 is 0.270 bits per heavy atom. The summed E-state index contributed by atoms with van der Waals surface area (Å²) in [5.74, 6) is 6.51. The minimum atomic E-state index is -0.737. The summed E-state index contributed by atoms with van der Waals surface area (Å²) in [6, 6.07) is 24.3. The van der Waals surface area contributed by atoms with Crippen molar-refractivity contribution in [3.8, 4) is 34.2 Å². The van der Waals surface area contributed by atoms with E-state index in [4.69, 9.17) is 29.9 Å². The molecular formula is C90H96N12O6S18. The fraction of sp³-hybridized carbons (Fsp3) is 0.333. The number of rotatable bonds is 39. The Morgan fingerprint density at radius 2 is 0.452 bits per heavy atom. The summed E-state index contributed by atoms with van der Waals surface area (Å²) >= 11 is 31.3. The number of benzene rings is 1. The van der Waals surface area contributed by atoms with E-state index in [1.54, 1.807) is 216 Å². The van der Waals surface area contributed by atoms with Crippen LogP contribution in [0.4, 0.5) is 34.1 Å². The van der Waals surface area contributed by atoms with Crippen LogP contribution in [-0.4, -0.2) is 99.9 Å². The van der Waals surface area contributed by atoms with Gasteiger partial charge in [-0.3, -0.25) is 58.7 Å². The van der Waals surface area contributed by atoms with Crippen LogP contribution in [-0.2, 0) is 14.4 Å². The predicted octanol–water partition coefficient (Wildman–Crippen LogP) is 29.5. The normalized spacial score (nSPS) is 16.7. The van der Waals surface area contributed by atoms with Crippen molar-refractivity contribution in [2.75, 3.05) is 66.4 Å². The van der Waals surface area contributed by atoms with Crippen LogP contribution in [0.25, 0.3) is 34.2 Å². The van der Waals surface area contributed by atoms with Crippen molar-refractivity contribution < 1.29 is 28.8 Å². The van der Waals surface area contributed by atoms with Crippen molar-refractivity contribution in [1.82, 2.24) is 29.9 Å². The first kappa shape index (κ1) is 98.4. The van der Waals surface area contributed by atoms with E-state index in [2.05, 4.69) is 115 Å². The molecule has 0 spiro atoms. The Bertz CT molecular complexity index is 4950. The highest BCUT2D eigenvalue weighted by Crippen LogP contribution is 2.66. The van der Waals surface area contributed by atoms with Crippen LogP contribution >= 0.6 is 212 Å². The molecule has 7 aromatic rings. The van der Waals surface area contributed by atoms with Gasteiger partial charge in [0, 0.05) is 88.4 Å². The first-order valence-corrected chi connectivity index (χ1v) is 57.2. The molecule has 0 bridgehead atoms. The zero-order chi connectivity index (χ0) is 88.9. The number of carbonyl (C=O) groups excluding carboxylic acids is 6. The van der Waals surface area contributed by atoms with Crippen molar-refractivity contribution >= 4 is 281 Å². The van der Waals surface area contributed by atoms with E-state index in [1.165, 1.54) is 78.9 Å². The van der Waals surface area contributed by atoms with Crippen LogP contribution in [0.15, 0.2) is 210 Å². The quantitative estimate of drug-likeness (QED) is 0.0209. The molecule has 6 atom stereocenters. The highest BCUT2D eigenvalue weighted by atomic mass is 32.3. The van der Waals surface area contributed by atoms with Gasteiger partial charge in [-0.25, -0.2) is 0 Å². The molecule has 18 nitrogen and oxygen atoms in total. The van der Waals surface area contributed by atoms with Gasteiger partial charge in [-0.15, -0.1) is 70.6 Å². The van der Waals surface area contributed by atoms with Crippen LogP contribution < -0.4 is 31.9 Å². The number of anilines is 6. The van der Waals surface area contributed by atoms with Gasteiger partial charge in [0.05, 0.1) is 99.7 Å². The summed E-state index contributed by atoms with van der Waals surface area (Å²) in [5, 5.41) is 24.0. The number of hydrogen-bond donors (Lipinski definition) is 6. The summed E-state index contributed by atoms with van der Waals surface area (Å²) < 4.78 is 14.6. The van der Waals surface area contributed by atoms with Crippen molar-refractivity contribution in [3.63, 3.8) is 0 Å². The number of aromatic nitrogens is 6. The standard InChI is InChI=1S/C90H96N12O6S18/c1-13-49(7)40-109-79-80(110-41-50(8)14-2)122-88(121-79)85-115-46-64(118-85)76(106)100-61-28-22-34-94-70(61)67-58(25-19-31-91-67)97-73(103)55-37-56(74(104)98-59-26-20-32-92-68(59)71-62(29-23-35-95-71)101-77(107)65-47-116-86(119-65)89-123-81(111-42-51(9)15-3)82(124-89)112-43-52(10)16-4)39-57(38-55)75(105)99-60-27-21-33-93-69(60)72-63(30-24-36-96-72)102-78(108)66-48-117-87(120-66)90-125-83(113-44-53(11)17-5)84(126-90)114-45-54(12)18-6/h19-39,46-54H,13-18,40-45H2,1-12H3,(H,97,103)(H,98,104)(H,99,105)(H,100,106)(H,101,107)(H,102,108)/t49-,50-,51-,52-,53-,54-/m0/s1. The summed E-state index contributed by atoms with van der Waals surface area (Å²) in [5.41, 5.74) is 2.75. The Hall–Kier alpha value is -5.10. The lowest BCUT2D eigenvalue weighted by Gasteiger charge is -2.16. The van der Waals surface area contributed by atoms with Crippen molar-refractivity contribution in [2.45, 2.75) is 122 Å². The molecule has 6 N–H and O–H groups in total. The Balaban J connectivity index is 0.757. The lowest BCUT2D eigenvalue weighted by Crippen LogP contribution is -2.20. The molecule has 6 aliphatic rings. The molecule has 1 aromatic carbocycles. The predicted molar refractivity (Wildman–Crippen MR) is 568 cm³/mol. The molecule has 126 heavy (non-hydrogen) atoms. The molecule has 0 saturated carbocycles. The molecule has 660 valence electrons. The number of amides is 6. The first-order valence-electron chi connectivity index (χ1n) is 41.3. The zero-order valence-electron chi connectivity index (χ0n) is 71.3. The lowest BCUT2D eigenvalue weighted by atomic mass is 10.0. The van der Waals surface area contributed by atoms with Gasteiger partial charge < -0.3 is 31.9 Å². The molecule has 0 fully saturated rings. The van der Waals surface area contributed by atoms with Crippen molar-refractivity contribution in [2.24, 2.45) is 35.5 Å². The number of hydrogen-bond acceptors (Lipinski definition) is 30. The van der Waals surface area contributed by atoms with Crippen LogP contribution in [0.3, 0.4) is 0 Å². The van der Waals surface area contributed by atoms with E-state index in [0.29, 0.717) is 67.3 Å². The molecular weight excluding hydrogens is 1920 g/mol. The highest BCUT2D eigenvalue weighted by Gasteiger charge is 2.36. The molecule has 0 saturated heterocycles. The molecule has 6 aromatic heterocycles. The Labute approximate surface area is 815 Å². The lowest BCUT2D eigenvalue weighted by molar-refractivity contribution is -0.113. The average Bonchev–Trinajstić information content (AvgIpc) is 1.11. The third-order valence-corrected chi connectivity index (χ3v) is 47.3. The second-order valence-corrected chi connectivity index (χ2v) is 51.2. The van der Waals surface area contributed by atoms with Gasteiger partial charge in [0.1, 0.15) is 34.2 Å². The SMILES string of the molecule is CC[C@H](C)CSC1=C(SC[C@@H](C)CC)SC(=C2SC=C(C(=O)Nc3cccnc3-c3ncccc3NC(=O)c3cc(C(=O)Nc4cccnc4-c4ncccc4NC(=O)C4=CSC(=C5SC(SC[C@@H](C)CC)=C(SC[C@@H](C)CC)S5)S4)cc(C(=O)Nc4cccnc4-c4ncccc4NC(=O)C4=CSC(=C5SC(SC[C@@H](C)CC)=C(SC[C@@H](C)CC)S5)S4)c3)S2)S1. The van der Waals surface area contributed by atoms with Crippen molar-refractivity contribution in [1.29, 1.82) is 0 Å². The van der Waals surface area contributed by atoms with Gasteiger partial charge in [-0.05, 0) is 143 Å². The topological polar surface area (TPSA) is 252 Å². The second kappa shape index (κ2) is 48.5. The van der Waals surface area contributed by atoms with E-state index in [-0.39, 0.29) is 85.6 Å². The van der Waals surface area contributed by atoms with Gasteiger partial charge >= 0.3 is 0 Å². The Morgan fingerprint density at radius 3 is 0.635 bits per heavy atom. The van der Waals surface area contributed by atoms with Gasteiger partial charge in [-0.1, -0.05) is 263 Å². The fourth-order valence-electron chi connectivity index (χ4n) is 11.3. The van der Waals surface area contributed by atoms with Crippen molar-refractivity contribution in [3.05, 3.63) is 227 Å². The molecule has 0 aliphatic carbocycles. The van der Waals surface area contributed by atoms with E-state index in [0.717, 1.165) is 98.5 Å². The van der Waals surface area contributed by atoms with E-state index in [1.807, 2.05) is 86.8 Å². The zero-order valence-corrected chi connectivity index (χ0v) is 86.0.